The second kappa shape index (κ2) is 8.11. The molecule has 2 aliphatic heterocycles. The summed E-state index contributed by atoms with van der Waals surface area (Å²) in [5, 5.41) is 8.66. The minimum atomic E-state index is -0.386. The Kier molecular flexibility index (Phi) is 5.15. The van der Waals surface area contributed by atoms with Crippen molar-refractivity contribution in [3.63, 3.8) is 0 Å². The van der Waals surface area contributed by atoms with Gasteiger partial charge in [0.1, 0.15) is 19.3 Å². The minimum absolute atomic E-state index is 0.00970. The molecule has 0 amide bonds. The number of allylic oxidation sites excluding steroid dienone is 2. The molecule has 0 spiro atoms. The molecule has 31 heavy (non-hydrogen) atoms. The third kappa shape index (κ3) is 3.79. The number of fused-ring (bicyclic) bond motifs is 2. The average molecular weight is 435 g/mol. The van der Waals surface area contributed by atoms with Crippen LogP contribution >= 0.6 is 11.8 Å². The summed E-state index contributed by atoms with van der Waals surface area (Å²) in [6.45, 7) is 4.52. The summed E-state index contributed by atoms with van der Waals surface area (Å²) in [6.07, 6.45) is 0. The van der Waals surface area contributed by atoms with Crippen molar-refractivity contribution < 1.29 is 14.3 Å². The molecule has 1 aromatic heterocycles. The molecule has 0 aliphatic carbocycles. The Morgan fingerprint density at radius 2 is 1.94 bits per heavy atom. The van der Waals surface area contributed by atoms with Crippen molar-refractivity contribution in [2.75, 3.05) is 18.5 Å². The Balaban J connectivity index is 1.52. The second-order valence-electron chi connectivity index (χ2n) is 7.46. The molecule has 2 aliphatic rings. The van der Waals surface area contributed by atoms with E-state index in [9.17, 15) is 4.79 Å². The highest BCUT2D eigenvalue weighted by Crippen LogP contribution is 2.40. The van der Waals surface area contributed by atoms with Crippen LogP contribution in [0.25, 0.3) is 0 Å². The van der Waals surface area contributed by atoms with E-state index in [-0.39, 0.29) is 11.8 Å². The van der Waals surface area contributed by atoms with Crippen molar-refractivity contribution in [3.8, 4) is 11.5 Å². The Bertz CT molecular complexity index is 1170. The highest BCUT2D eigenvalue weighted by atomic mass is 32.2. The lowest BCUT2D eigenvalue weighted by Crippen LogP contribution is -2.28. The smallest absolute Gasteiger partial charge is 0.227 e. The highest BCUT2D eigenvalue weighted by Gasteiger charge is 2.33. The summed E-state index contributed by atoms with van der Waals surface area (Å²) in [5.74, 6) is 2.78. The summed E-state index contributed by atoms with van der Waals surface area (Å²) in [7, 11) is 0. The van der Waals surface area contributed by atoms with Crippen molar-refractivity contribution in [1.29, 1.82) is 0 Å². The van der Waals surface area contributed by atoms with Gasteiger partial charge >= 0.3 is 0 Å². The number of aromatic nitrogens is 3. The van der Waals surface area contributed by atoms with Crippen LogP contribution in [0.2, 0.25) is 0 Å². The molecule has 1 unspecified atom stereocenters. The number of hydrogen-bond acceptors (Lipinski definition) is 7. The van der Waals surface area contributed by atoms with Crippen molar-refractivity contribution in [1.82, 2.24) is 14.8 Å². The number of carbonyl (C=O) groups excluding carboxylic acids is 1. The van der Waals surface area contributed by atoms with Gasteiger partial charge in [-0.25, -0.2) is 4.68 Å². The molecule has 1 atom stereocenters. The molecular weight excluding hydrogens is 412 g/mol. The molecule has 2 aromatic carbocycles. The van der Waals surface area contributed by atoms with Crippen LogP contribution in [-0.2, 0) is 10.5 Å². The van der Waals surface area contributed by atoms with Gasteiger partial charge in [0, 0.05) is 17.0 Å². The number of Topliss-reactive ketones (excluding diaryl/α,β-unsaturated/α-hetero) is 1. The lowest BCUT2D eigenvalue weighted by molar-refractivity contribution is -0.114. The van der Waals surface area contributed by atoms with E-state index in [1.54, 1.807) is 23.4 Å². The van der Waals surface area contributed by atoms with Gasteiger partial charge in [-0.2, -0.15) is 4.98 Å². The lowest BCUT2D eigenvalue weighted by Gasteiger charge is -2.29. The van der Waals surface area contributed by atoms with Crippen LogP contribution in [0.5, 0.6) is 11.5 Å². The molecule has 1 N–H and O–H groups in total. The summed E-state index contributed by atoms with van der Waals surface area (Å²) >= 11 is 1.57. The van der Waals surface area contributed by atoms with Gasteiger partial charge in [-0.3, -0.25) is 4.79 Å². The Morgan fingerprint density at radius 1 is 1.16 bits per heavy atom. The third-order valence-corrected chi connectivity index (χ3v) is 6.21. The number of anilines is 1. The fraction of sp³-hybridized carbons (Fsp3) is 0.261. The maximum absolute atomic E-state index is 12.6. The zero-order valence-corrected chi connectivity index (χ0v) is 18.1. The van der Waals surface area contributed by atoms with Gasteiger partial charge in [-0.1, -0.05) is 48.2 Å². The summed E-state index contributed by atoms with van der Waals surface area (Å²) < 4.78 is 13.2. The molecule has 7 nitrogen and oxygen atoms in total. The summed E-state index contributed by atoms with van der Waals surface area (Å²) in [4.78, 5) is 17.3. The summed E-state index contributed by atoms with van der Waals surface area (Å²) in [5.41, 5.74) is 3.55. The molecular formula is C23H22N4O3S. The van der Waals surface area contributed by atoms with Gasteiger partial charge in [0.05, 0.1) is 0 Å². The maximum atomic E-state index is 12.6. The van der Waals surface area contributed by atoms with Crippen LogP contribution in [0, 0.1) is 0 Å². The molecule has 3 aromatic rings. The number of ketones is 1. The van der Waals surface area contributed by atoms with E-state index in [4.69, 9.17) is 14.6 Å². The van der Waals surface area contributed by atoms with Gasteiger partial charge in [-0.05, 0) is 37.1 Å². The van der Waals surface area contributed by atoms with Gasteiger partial charge in [0.25, 0.3) is 0 Å². The molecule has 3 heterocycles. The van der Waals surface area contributed by atoms with E-state index in [0.29, 0.717) is 41.4 Å². The number of rotatable bonds is 5. The van der Waals surface area contributed by atoms with Crippen LogP contribution in [0.1, 0.15) is 31.0 Å². The zero-order valence-electron chi connectivity index (χ0n) is 17.3. The van der Waals surface area contributed by atoms with Crippen LogP contribution in [-0.4, -0.2) is 33.8 Å². The minimum Gasteiger partial charge on any atom is -0.486 e. The number of nitrogens with one attached hydrogen (secondary N) is 1. The van der Waals surface area contributed by atoms with Crippen molar-refractivity contribution >= 4 is 23.5 Å². The molecule has 0 saturated carbocycles. The molecule has 0 radical (unpaired) electrons. The molecule has 0 fully saturated rings. The number of thioether (sulfide) groups is 1. The Morgan fingerprint density at radius 3 is 2.71 bits per heavy atom. The fourth-order valence-electron chi connectivity index (χ4n) is 3.91. The van der Waals surface area contributed by atoms with Crippen LogP contribution in [0.3, 0.4) is 0 Å². The van der Waals surface area contributed by atoms with Gasteiger partial charge in [0.15, 0.2) is 17.3 Å². The molecule has 0 saturated heterocycles. The zero-order chi connectivity index (χ0) is 21.4. The summed E-state index contributed by atoms with van der Waals surface area (Å²) in [6, 6.07) is 15.6. The van der Waals surface area contributed by atoms with Gasteiger partial charge in [0.2, 0.25) is 11.1 Å². The maximum Gasteiger partial charge on any atom is 0.227 e. The number of ether oxygens (including phenoxy) is 2. The lowest BCUT2D eigenvalue weighted by atomic mass is 9.93. The Labute approximate surface area is 184 Å². The van der Waals surface area contributed by atoms with Crippen molar-refractivity contribution in [2.45, 2.75) is 30.8 Å². The highest BCUT2D eigenvalue weighted by molar-refractivity contribution is 7.98. The topological polar surface area (TPSA) is 78.3 Å². The van der Waals surface area contributed by atoms with E-state index in [1.807, 2.05) is 43.3 Å². The first-order valence-electron chi connectivity index (χ1n) is 10.1. The van der Waals surface area contributed by atoms with Gasteiger partial charge in [-0.15, -0.1) is 5.10 Å². The molecule has 158 valence electrons. The first kappa shape index (κ1) is 19.7. The quantitative estimate of drug-likeness (QED) is 0.603. The first-order valence-corrected chi connectivity index (χ1v) is 11.1. The number of carbonyl (C=O) groups is 1. The molecule has 5 rings (SSSR count). The van der Waals surface area contributed by atoms with E-state index >= 15 is 0 Å². The van der Waals surface area contributed by atoms with Gasteiger partial charge < -0.3 is 14.8 Å². The van der Waals surface area contributed by atoms with E-state index in [0.717, 1.165) is 17.0 Å². The number of nitrogens with zero attached hydrogens (tertiary/aromatic N) is 3. The predicted molar refractivity (Wildman–Crippen MR) is 119 cm³/mol. The van der Waals surface area contributed by atoms with Crippen LogP contribution in [0.15, 0.2) is 65.0 Å². The predicted octanol–water partition coefficient (Wildman–Crippen LogP) is 4.22. The van der Waals surface area contributed by atoms with E-state index in [1.165, 1.54) is 5.56 Å². The van der Waals surface area contributed by atoms with E-state index in [2.05, 4.69) is 22.4 Å². The molecule has 8 heteroatoms. The van der Waals surface area contributed by atoms with Crippen LogP contribution < -0.4 is 14.8 Å². The average Bonchev–Trinajstić information content (AvgIpc) is 3.19. The normalized spacial score (nSPS) is 17.2. The second-order valence-corrected chi connectivity index (χ2v) is 8.40. The fourth-order valence-corrected chi connectivity index (χ4v) is 4.69. The number of benzene rings is 2. The van der Waals surface area contributed by atoms with E-state index < -0.39 is 0 Å². The largest absolute Gasteiger partial charge is 0.486 e. The SMILES string of the molecule is CC(=O)C1=C(C)Nc2nc(SCc3ccccc3)nn2C1c1ccc2c(c1)OCCO2. The Hall–Kier alpha value is -3.26. The monoisotopic (exact) mass is 434 g/mol. The third-order valence-electron chi connectivity index (χ3n) is 5.31. The van der Waals surface area contributed by atoms with Crippen molar-refractivity contribution in [2.24, 2.45) is 0 Å². The molecule has 0 bridgehead atoms. The first-order chi connectivity index (χ1) is 15.1. The van der Waals surface area contributed by atoms with Crippen LogP contribution in [0.4, 0.5) is 5.95 Å². The number of hydrogen-bond donors (Lipinski definition) is 1. The standard InChI is InChI=1S/C23H22N4O3S/c1-14-20(15(2)28)21(17-8-9-18-19(12-17)30-11-10-29-18)27-22(24-14)25-23(26-27)31-13-16-6-4-3-5-7-16/h3-9,12,21H,10-11,13H2,1-2H3,(H,24,25,26). The van der Waals surface area contributed by atoms with Crippen molar-refractivity contribution in [3.05, 3.63) is 70.9 Å².